The molecule has 4 heterocycles. The SMILES string of the molecule is Cn1cc(Nc2nc3cccc(-c4ccc5c(c4)CCN(C(=O)CC#N)C5)n3n2)cn1. The van der Waals surface area contributed by atoms with Crippen molar-refractivity contribution in [1.82, 2.24) is 29.3 Å². The van der Waals surface area contributed by atoms with Gasteiger partial charge in [0.15, 0.2) is 5.65 Å². The average Bonchev–Trinajstić information content (AvgIpc) is 3.38. The maximum Gasteiger partial charge on any atom is 0.247 e. The number of nitriles is 1. The Labute approximate surface area is 178 Å². The highest BCUT2D eigenvalue weighted by Gasteiger charge is 2.21. The van der Waals surface area contributed by atoms with Crippen molar-refractivity contribution in [2.45, 2.75) is 19.4 Å². The molecule has 0 saturated heterocycles. The van der Waals surface area contributed by atoms with E-state index in [1.54, 1.807) is 15.8 Å². The molecule has 0 radical (unpaired) electrons. The van der Waals surface area contributed by atoms with Crippen LogP contribution in [0.3, 0.4) is 0 Å². The van der Waals surface area contributed by atoms with Crippen LogP contribution in [-0.4, -0.2) is 41.7 Å². The third-order valence-electron chi connectivity index (χ3n) is 5.42. The summed E-state index contributed by atoms with van der Waals surface area (Å²) in [5.41, 5.74) is 5.88. The molecule has 1 N–H and O–H groups in total. The van der Waals surface area contributed by atoms with Gasteiger partial charge in [0, 0.05) is 31.9 Å². The Morgan fingerprint density at radius 1 is 1.26 bits per heavy atom. The number of pyridine rings is 1. The standard InChI is InChI=1S/C22H20N8O/c1-28-14-18(12-24-28)25-22-26-20-4-2-3-19(30(20)27-22)16-5-6-17-13-29(21(31)7-9-23)10-8-15(17)11-16/h2-6,11-12,14H,7-8,10,13H2,1H3,(H,25,27). The topological polar surface area (TPSA) is 104 Å². The third kappa shape index (κ3) is 3.59. The van der Waals surface area contributed by atoms with E-state index < -0.39 is 0 Å². The molecule has 3 aromatic heterocycles. The lowest BCUT2D eigenvalue weighted by Crippen LogP contribution is -2.35. The van der Waals surface area contributed by atoms with Crippen LogP contribution in [0.2, 0.25) is 0 Å². The first-order valence-electron chi connectivity index (χ1n) is 9.99. The monoisotopic (exact) mass is 412 g/mol. The van der Waals surface area contributed by atoms with Crippen molar-refractivity contribution in [3.63, 3.8) is 0 Å². The molecular weight excluding hydrogens is 392 g/mol. The normalized spacial score (nSPS) is 13.1. The van der Waals surface area contributed by atoms with Crippen molar-refractivity contribution in [3.05, 3.63) is 59.9 Å². The molecule has 1 aliphatic heterocycles. The van der Waals surface area contributed by atoms with Crippen LogP contribution in [0.4, 0.5) is 11.6 Å². The lowest BCUT2D eigenvalue weighted by Gasteiger charge is -2.28. The number of carbonyl (C=O) groups is 1. The number of nitrogens with one attached hydrogen (secondary N) is 1. The van der Waals surface area contributed by atoms with Crippen LogP contribution < -0.4 is 5.32 Å². The lowest BCUT2D eigenvalue weighted by molar-refractivity contribution is -0.131. The molecule has 9 heteroatoms. The average molecular weight is 412 g/mol. The molecule has 0 fully saturated rings. The van der Waals surface area contributed by atoms with Crippen molar-refractivity contribution < 1.29 is 4.79 Å². The molecule has 4 aromatic rings. The second-order valence-electron chi connectivity index (χ2n) is 7.53. The first kappa shape index (κ1) is 18.8. The number of hydrogen-bond acceptors (Lipinski definition) is 6. The van der Waals surface area contributed by atoms with Gasteiger partial charge in [-0.2, -0.15) is 15.3 Å². The Bertz CT molecular complexity index is 1330. The number of fused-ring (bicyclic) bond motifs is 2. The Morgan fingerprint density at radius 3 is 2.97 bits per heavy atom. The summed E-state index contributed by atoms with van der Waals surface area (Å²) in [4.78, 5) is 18.4. The van der Waals surface area contributed by atoms with Gasteiger partial charge in [-0.1, -0.05) is 18.2 Å². The fourth-order valence-corrected chi connectivity index (χ4v) is 3.90. The summed E-state index contributed by atoms with van der Waals surface area (Å²) in [6.45, 7) is 1.17. The molecule has 0 atom stereocenters. The highest BCUT2D eigenvalue weighted by Crippen LogP contribution is 2.27. The van der Waals surface area contributed by atoms with Gasteiger partial charge in [-0.15, -0.1) is 5.10 Å². The fourth-order valence-electron chi connectivity index (χ4n) is 3.90. The molecule has 0 aliphatic carbocycles. The summed E-state index contributed by atoms with van der Waals surface area (Å²) < 4.78 is 3.54. The van der Waals surface area contributed by atoms with E-state index in [9.17, 15) is 4.79 Å². The van der Waals surface area contributed by atoms with Crippen LogP contribution in [-0.2, 0) is 24.8 Å². The zero-order valence-electron chi connectivity index (χ0n) is 17.0. The number of amides is 1. The molecule has 9 nitrogen and oxygen atoms in total. The van der Waals surface area contributed by atoms with Crippen molar-refractivity contribution in [2.75, 3.05) is 11.9 Å². The molecule has 1 aromatic carbocycles. The summed E-state index contributed by atoms with van der Waals surface area (Å²) in [7, 11) is 1.86. The van der Waals surface area contributed by atoms with E-state index >= 15 is 0 Å². The van der Waals surface area contributed by atoms with Gasteiger partial charge in [-0.05, 0) is 35.7 Å². The van der Waals surface area contributed by atoms with Crippen molar-refractivity contribution in [3.8, 4) is 17.3 Å². The Hall–Kier alpha value is -4.19. The quantitative estimate of drug-likeness (QED) is 0.553. The van der Waals surface area contributed by atoms with E-state index in [1.165, 1.54) is 5.56 Å². The highest BCUT2D eigenvalue weighted by atomic mass is 16.2. The first-order valence-corrected chi connectivity index (χ1v) is 9.99. The molecule has 0 saturated carbocycles. The molecule has 0 bridgehead atoms. The highest BCUT2D eigenvalue weighted by molar-refractivity contribution is 5.78. The molecule has 1 aliphatic rings. The minimum atomic E-state index is -0.113. The molecule has 31 heavy (non-hydrogen) atoms. The van der Waals surface area contributed by atoms with Crippen LogP contribution in [0, 0.1) is 11.3 Å². The van der Waals surface area contributed by atoms with Crippen LogP contribution >= 0.6 is 0 Å². The van der Waals surface area contributed by atoms with Gasteiger partial charge in [-0.25, -0.2) is 4.52 Å². The second kappa shape index (κ2) is 7.57. The number of nitrogens with zero attached hydrogens (tertiary/aromatic N) is 7. The summed E-state index contributed by atoms with van der Waals surface area (Å²) in [5, 5.41) is 20.7. The smallest absolute Gasteiger partial charge is 0.247 e. The number of aryl methyl sites for hydroxylation is 1. The van der Waals surface area contributed by atoms with E-state index in [1.807, 2.05) is 48.1 Å². The summed E-state index contributed by atoms with van der Waals surface area (Å²) >= 11 is 0. The van der Waals surface area contributed by atoms with Crippen LogP contribution in [0.15, 0.2) is 48.8 Å². The lowest BCUT2D eigenvalue weighted by atomic mass is 9.96. The number of anilines is 2. The molecule has 5 rings (SSSR count). The number of hydrogen-bond donors (Lipinski definition) is 1. The van der Waals surface area contributed by atoms with Crippen molar-refractivity contribution >= 4 is 23.2 Å². The maximum atomic E-state index is 12.1. The van der Waals surface area contributed by atoms with Crippen molar-refractivity contribution in [2.24, 2.45) is 7.05 Å². The maximum absolute atomic E-state index is 12.1. The number of aromatic nitrogens is 5. The van der Waals surface area contributed by atoms with Gasteiger partial charge in [0.05, 0.1) is 23.6 Å². The molecule has 1 amide bonds. The van der Waals surface area contributed by atoms with E-state index in [0.717, 1.165) is 34.6 Å². The van der Waals surface area contributed by atoms with Crippen LogP contribution in [0.1, 0.15) is 17.5 Å². The Balaban J connectivity index is 1.45. The summed E-state index contributed by atoms with van der Waals surface area (Å²) in [6, 6.07) is 14.1. The van der Waals surface area contributed by atoms with Gasteiger partial charge in [0.1, 0.15) is 6.42 Å². The van der Waals surface area contributed by atoms with E-state index in [2.05, 4.69) is 32.6 Å². The predicted molar refractivity (Wildman–Crippen MR) is 114 cm³/mol. The van der Waals surface area contributed by atoms with E-state index in [4.69, 9.17) is 5.26 Å². The zero-order valence-corrected chi connectivity index (χ0v) is 17.0. The summed E-state index contributed by atoms with van der Waals surface area (Å²) in [5.74, 6) is 0.392. The van der Waals surface area contributed by atoms with Crippen LogP contribution in [0.25, 0.3) is 16.9 Å². The number of rotatable bonds is 4. The van der Waals surface area contributed by atoms with Gasteiger partial charge in [0.2, 0.25) is 11.9 Å². The molecule has 0 unspecified atom stereocenters. The van der Waals surface area contributed by atoms with Crippen LogP contribution in [0.5, 0.6) is 0 Å². The summed E-state index contributed by atoms with van der Waals surface area (Å²) in [6.07, 6.45) is 4.28. The Kier molecular flexibility index (Phi) is 4.59. The van der Waals surface area contributed by atoms with Crippen molar-refractivity contribution in [1.29, 1.82) is 5.26 Å². The van der Waals surface area contributed by atoms with Gasteiger partial charge < -0.3 is 10.2 Å². The van der Waals surface area contributed by atoms with Gasteiger partial charge >= 0.3 is 0 Å². The molecular formula is C22H20N8O. The first-order chi connectivity index (χ1) is 15.1. The Morgan fingerprint density at radius 2 is 2.16 bits per heavy atom. The zero-order chi connectivity index (χ0) is 21.4. The third-order valence-corrected chi connectivity index (χ3v) is 5.42. The van der Waals surface area contributed by atoms with E-state index in [-0.39, 0.29) is 12.3 Å². The van der Waals surface area contributed by atoms with Gasteiger partial charge in [0.25, 0.3) is 0 Å². The molecule has 154 valence electrons. The number of benzene rings is 1. The number of carbonyl (C=O) groups excluding carboxylic acids is 1. The minimum absolute atomic E-state index is 0.0723. The predicted octanol–water partition coefficient (Wildman–Crippen LogP) is 2.67. The largest absolute Gasteiger partial charge is 0.337 e. The minimum Gasteiger partial charge on any atom is -0.337 e. The van der Waals surface area contributed by atoms with E-state index in [0.29, 0.717) is 19.0 Å². The second-order valence-corrected chi connectivity index (χ2v) is 7.53. The fraction of sp³-hybridized carbons (Fsp3) is 0.227. The molecule has 0 spiro atoms. The van der Waals surface area contributed by atoms with Gasteiger partial charge in [-0.3, -0.25) is 9.48 Å².